The number of carboxylic acids is 1. The minimum atomic E-state index is -1.04. The van der Waals surface area contributed by atoms with Crippen LogP contribution in [0.1, 0.15) is 47.7 Å². The van der Waals surface area contributed by atoms with Gasteiger partial charge in [-0.2, -0.15) is 0 Å². The monoisotopic (exact) mass is 278 g/mol. The molecular formula is C15H22N2O3. The zero-order chi connectivity index (χ0) is 15.1. The van der Waals surface area contributed by atoms with Gasteiger partial charge >= 0.3 is 12.0 Å². The molecule has 0 heterocycles. The molecule has 1 rings (SSSR count). The van der Waals surface area contributed by atoms with Crippen LogP contribution in [-0.2, 0) is 0 Å². The predicted molar refractivity (Wildman–Crippen MR) is 79.4 cm³/mol. The minimum Gasteiger partial charge on any atom is -0.478 e. The van der Waals surface area contributed by atoms with E-state index >= 15 is 0 Å². The second kappa shape index (κ2) is 7.53. The summed E-state index contributed by atoms with van der Waals surface area (Å²) in [5.41, 5.74) is 2.07. The third kappa shape index (κ3) is 4.57. The van der Waals surface area contributed by atoms with Gasteiger partial charge in [-0.1, -0.05) is 25.8 Å². The number of amides is 2. The van der Waals surface area contributed by atoms with Crippen LogP contribution in [0.4, 0.5) is 10.5 Å². The van der Waals surface area contributed by atoms with E-state index in [0.717, 1.165) is 30.4 Å². The van der Waals surface area contributed by atoms with E-state index in [1.807, 2.05) is 13.0 Å². The Morgan fingerprint density at radius 2 is 1.90 bits per heavy atom. The molecule has 1 aromatic carbocycles. The van der Waals surface area contributed by atoms with Gasteiger partial charge < -0.3 is 15.7 Å². The molecule has 5 nitrogen and oxygen atoms in total. The Balaban J connectivity index is 2.76. The van der Waals surface area contributed by atoms with Gasteiger partial charge in [-0.15, -0.1) is 0 Å². The van der Waals surface area contributed by atoms with Crippen molar-refractivity contribution in [2.75, 3.05) is 11.9 Å². The fraction of sp³-hybridized carbons (Fsp3) is 0.467. The standard InChI is InChI=1S/C15H22N2O3/c1-4-5-6-7-16-15(20)17-13-11(3)8-10(2)9-12(13)14(18)19/h8-9H,4-7H2,1-3H3,(H,18,19)(H2,16,17,20). The highest BCUT2D eigenvalue weighted by Crippen LogP contribution is 2.22. The van der Waals surface area contributed by atoms with Crippen molar-refractivity contribution in [3.8, 4) is 0 Å². The first kappa shape index (κ1) is 16.0. The molecular weight excluding hydrogens is 256 g/mol. The number of nitrogens with one attached hydrogen (secondary N) is 2. The third-order valence-electron chi connectivity index (χ3n) is 3.01. The number of aryl methyl sites for hydroxylation is 2. The average Bonchev–Trinajstić information content (AvgIpc) is 2.37. The van der Waals surface area contributed by atoms with Crippen molar-refractivity contribution >= 4 is 17.7 Å². The van der Waals surface area contributed by atoms with Crippen molar-refractivity contribution in [1.29, 1.82) is 0 Å². The zero-order valence-electron chi connectivity index (χ0n) is 12.2. The molecule has 0 bridgehead atoms. The van der Waals surface area contributed by atoms with E-state index < -0.39 is 5.97 Å². The molecule has 0 unspecified atom stereocenters. The van der Waals surface area contributed by atoms with Gasteiger partial charge in [0.1, 0.15) is 0 Å². The van der Waals surface area contributed by atoms with E-state index in [4.69, 9.17) is 0 Å². The van der Waals surface area contributed by atoms with Gasteiger partial charge in [-0.05, 0) is 37.5 Å². The minimum absolute atomic E-state index is 0.117. The maximum Gasteiger partial charge on any atom is 0.337 e. The number of benzene rings is 1. The zero-order valence-corrected chi connectivity index (χ0v) is 12.2. The Bertz CT molecular complexity index is 498. The highest BCUT2D eigenvalue weighted by atomic mass is 16.4. The normalized spacial score (nSPS) is 10.2. The van der Waals surface area contributed by atoms with Crippen LogP contribution in [-0.4, -0.2) is 23.7 Å². The second-order valence-electron chi connectivity index (χ2n) is 4.90. The first-order chi connectivity index (χ1) is 9.45. The van der Waals surface area contributed by atoms with Crippen LogP contribution in [0.5, 0.6) is 0 Å². The van der Waals surface area contributed by atoms with Gasteiger partial charge in [0.2, 0.25) is 0 Å². The molecule has 0 aliphatic rings. The number of hydrogen-bond donors (Lipinski definition) is 3. The van der Waals surface area contributed by atoms with Crippen LogP contribution in [0.25, 0.3) is 0 Å². The number of carbonyl (C=O) groups excluding carboxylic acids is 1. The van der Waals surface area contributed by atoms with Gasteiger partial charge in [0.25, 0.3) is 0 Å². The average molecular weight is 278 g/mol. The summed E-state index contributed by atoms with van der Waals surface area (Å²) in [6.07, 6.45) is 3.07. The van der Waals surface area contributed by atoms with Gasteiger partial charge in [-0.25, -0.2) is 9.59 Å². The summed E-state index contributed by atoms with van der Waals surface area (Å²) in [5.74, 6) is -1.04. The van der Waals surface area contributed by atoms with E-state index in [-0.39, 0.29) is 11.6 Å². The molecule has 1 aromatic rings. The lowest BCUT2D eigenvalue weighted by Crippen LogP contribution is -2.30. The number of hydrogen-bond acceptors (Lipinski definition) is 2. The summed E-state index contributed by atoms with van der Waals surface area (Å²) in [7, 11) is 0. The summed E-state index contributed by atoms with van der Waals surface area (Å²) >= 11 is 0. The van der Waals surface area contributed by atoms with Crippen LogP contribution >= 0.6 is 0 Å². The molecule has 0 aromatic heterocycles. The van der Waals surface area contributed by atoms with Gasteiger partial charge in [0.15, 0.2) is 0 Å². The lowest BCUT2D eigenvalue weighted by atomic mass is 10.0. The number of unbranched alkanes of at least 4 members (excludes halogenated alkanes) is 2. The maximum absolute atomic E-state index is 11.8. The van der Waals surface area contributed by atoms with Crippen LogP contribution < -0.4 is 10.6 Å². The summed E-state index contributed by atoms with van der Waals surface area (Å²) in [6, 6.07) is 3.04. The van der Waals surface area contributed by atoms with Crippen LogP contribution in [0.3, 0.4) is 0 Å². The van der Waals surface area contributed by atoms with E-state index in [1.54, 1.807) is 13.0 Å². The fourth-order valence-corrected chi connectivity index (χ4v) is 2.04. The number of carbonyl (C=O) groups is 2. The van der Waals surface area contributed by atoms with Gasteiger partial charge in [0, 0.05) is 6.54 Å². The van der Waals surface area contributed by atoms with E-state index in [2.05, 4.69) is 17.6 Å². The quantitative estimate of drug-likeness (QED) is 0.698. The molecule has 2 amide bonds. The molecule has 0 saturated carbocycles. The van der Waals surface area contributed by atoms with Crippen molar-refractivity contribution in [2.24, 2.45) is 0 Å². The molecule has 0 aliphatic heterocycles. The molecule has 0 spiro atoms. The number of aromatic carboxylic acids is 1. The lowest BCUT2D eigenvalue weighted by molar-refractivity contribution is 0.0698. The van der Waals surface area contributed by atoms with E-state index in [0.29, 0.717) is 12.2 Å². The first-order valence-electron chi connectivity index (χ1n) is 6.85. The summed E-state index contributed by atoms with van der Waals surface area (Å²) in [5, 5.41) is 14.6. The second-order valence-corrected chi connectivity index (χ2v) is 4.90. The molecule has 20 heavy (non-hydrogen) atoms. The van der Waals surface area contributed by atoms with Crippen molar-refractivity contribution in [1.82, 2.24) is 5.32 Å². The Hall–Kier alpha value is -2.04. The summed E-state index contributed by atoms with van der Waals surface area (Å²) < 4.78 is 0. The number of rotatable bonds is 6. The van der Waals surface area contributed by atoms with Crippen molar-refractivity contribution < 1.29 is 14.7 Å². The van der Waals surface area contributed by atoms with Crippen LogP contribution in [0, 0.1) is 13.8 Å². The van der Waals surface area contributed by atoms with Crippen molar-refractivity contribution in [2.45, 2.75) is 40.0 Å². The Kier molecular flexibility index (Phi) is 6.03. The van der Waals surface area contributed by atoms with Gasteiger partial charge in [0.05, 0.1) is 11.3 Å². The van der Waals surface area contributed by atoms with E-state index in [1.165, 1.54) is 0 Å². The van der Waals surface area contributed by atoms with E-state index in [9.17, 15) is 14.7 Å². The smallest absolute Gasteiger partial charge is 0.337 e. The molecule has 0 saturated heterocycles. The van der Waals surface area contributed by atoms with Gasteiger partial charge in [-0.3, -0.25) is 0 Å². The largest absolute Gasteiger partial charge is 0.478 e. The highest BCUT2D eigenvalue weighted by Gasteiger charge is 2.15. The SMILES string of the molecule is CCCCCNC(=O)Nc1c(C)cc(C)cc1C(=O)O. The molecule has 0 radical (unpaired) electrons. The lowest BCUT2D eigenvalue weighted by Gasteiger charge is -2.13. The molecule has 3 N–H and O–H groups in total. The number of anilines is 1. The number of urea groups is 1. The summed E-state index contributed by atoms with van der Waals surface area (Å²) in [6.45, 7) is 6.29. The Morgan fingerprint density at radius 3 is 2.50 bits per heavy atom. The third-order valence-corrected chi connectivity index (χ3v) is 3.01. The Labute approximate surface area is 119 Å². The first-order valence-corrected chi connectivity index (χ1v) is 6.85. The topological polar surface area (TPSA) is 78.4 Å². The fourth-order valence-electron chi connectivity index (χ4n) is 2.04. The molecule has 5 heteroatoms. The highest BCUT2D eigenvalue weighted by molar-refractivity contribution is 6.01. The maximum atomic E-state index is 11.8. The van der Waals surface area contributed by atoms with Crippen molar-refractivity contribution in [3.05, 3.63) is 28.8 Å². The molecule has 110 valence electrons. The predicted octanol–water partition coefficient (Wildman–Crippen LogP) is 3.31. The number of carboxylic acid groups (broad SMARTS) is 1. The molecule has 0 atom stereocenters. The van der Waals surface area contributed by atoms with Crippen LogP contribution in [0.15, 0.2) is 12.1 Å². The molecule has 0 aliphatic carbocycles. The van der Waals surface area contributed by atoms with Crippen molar-refractivity contribution in [3.63, 3.8) is 0 Å². The molecule has 0 fully saturated rings. The van der Waals surface area contributed by atoms with Crippen LogP contribution in [0.2, 0.25) is 0 Å². The Morgan fingerprint density at radius 1 is 1.20 bits per heavy atom. The summed E-state index contributed by atoms with van der Waals surface area (Å²) in [4.78, 5) is 23.0.